The molecule has 0 saturated heterocycles. The molecule has 0 aromatic heterocycles. The van der Waals surface area contributed by atoms with Crippen molar-refractivity contribution in [1.29, 1.82) is 0 Å². The molecule has 8 heteroatoms. The topological polar surface area (TPSA) is 96.0 Å². The Morgan fingerprint density at radius 2 is 1.44 bits per heavy atom. The molecule has 0 aliphatic rings. The van der Waals surface area contributed by atoms with E-state index < -0.39 is 17.9 Å². The monoisotopic (exact) mass is 366 g/mol. The molecule has 0 atom stereocenters. The van der Waals surface area contributed by atoms with Crippen LogP contribution in [-0.4, -0.2) is 30.1 Å². The van der Waals surface area contributed by atoms with Crippen LogP contribution in [0.15, 0.2) is 23.1 Å². The lowest BCUT2D eigenvalue weighted by Gasteiger charge is -2.13. The van der Waals surface area contributed by atoms with Gasteiger partial charge in [-0.15, -0.1) is 0 Å². The largest absolute Gasteiger partial charge is 0.465 e. The maximum atomic E-state index is 11.9. The summed E-state index contributed by atoms with van der Waals surface area (Å²) in [5.41, 5.74) is 0.955. The van der Waals surface area contributed by atoms with Crippen LogP contribution in [0.1, 0.15) is 33.3 Å². The lowest BCUT2D eigenvalue weighted by molar-refractivity contribution is -0.135. The zero-order valence-corrected chi connectivity index (χ0v) is 15.3. The van der Waals surface area contributed by atoms with Gasteiger partial charge in [-0.25, -0.2) is 4.79 Å². The van der Waals surface area contributed by atoms with Gasteiger partial charge in [0.25, 0.3) is 0 Å². The highest BCUT2D eigenvalue weighted by Gasteiger charge is 2.19. The Morgan fingerprint density at radius 3 is 1.92 bits per heavy atom. The van der Waals surface area contributed by atoms with Gasteiger partial charge in [0.05, 0.1) is 7.11 Å². The number of methoxy groups -OCH3 is 1. The maximum Gasteiger partial charge on any atom is 0.345 e. The molecule has 0 unspecified atom stereocenters. The van der Waals surface area contributed by atoms with Gasteiger partial charge < -0.3 is 14.2 Å². The van der Waals surface area contributed by atoms with Crippen LogP contribution in [0.5, 0.6) is 11.5 Å². The number of benzene rings is 1. The Balaban J connectivity index is 3.45. The third-order valence-electron chi connectivity index (χ3n) is 2.84. The minimum Gasteiger partial charge on any atom is -0.465 e. The first kappa shape index (κ1) is 20.4. The number of allylic oxidation sites excluding steroid dienone is 1. The fourth-order valence-corrected chi connectivity index (χ4v) is 2.58. The average Bonchev–Trinajstić information content (AvgIpc) is 2.51. The van der Waals surface area contributed by atoms with Crippen molar-refractivity contribution in [2.45, 2.75) is 27.7 Å². The minimum atomic E-state index is -0.657. The number of rotatable bonds is 5. The van der Waals surface area contributed by atoms with Crippen molar-refractivity contribution in [2.75, 3.05) is 7.11 Å². The molecular formula is C17H18O7S. The number of ether oxygens (including phenoxy) is 3. The van der Waals surface area contributed by atoms with Gasteiger partial charge >= 0.3 is 17.9 Å². The quantitative estimate of drug-likeness (QED) is 0.446. The van der Waals surface area contributed by atoms with Crippen molar-refractivity contribution in [1.82, 2.24) is 0 Å². The molecule has 0 amide bonds. The zero-order chi connectivity index (χ0) is 19.1. The van der Waals surface area contributed by atoms with Gasteiger partial charge in [0.1, 0.15) is 4.91 Å². The highest BCUT2D eigenvalue weighted by atomic mass is 32.2. The van der Waals surface area contributed by atoms with E-state index in [2.05, 4.69) is 0 Å². The Morgan fingerprint density at radius 1 is 0.880 bits per heavy atom. The van der Waals surface area contributed by atoms with E-state index in [0.29, 0.717) is 11.1 Å². The first-order chi connectivity index (χ1) is 11.6. The van der Waals surface area contributed by atoms with E-state index in [4.69, 9.17) is 14.2 Å². The van der Waals surface area contributed by atoms with Gasteiger partial charge in [-0.05, 0) is 42.0 Å². The Kier molecular flexibility index (Phi) is 7.38. The SMILES string of the molecule is COC(=O)/C(SC(C)=O)=C(\C)c1ccc(OC(C)=O)c(OC(C)=O)c1. The summed E-state index contributed by atoms with van der Waals surface area (Å²) < 4.78 is 14.8. The third kappa shape index (κ3) is 6.07. The fourth-order valence-electron chi connectivity index (χ4n) is 1.85. The molecule has 0 radical (unpaired) electrons. The van der Waals surface area contributed by atoms with Crippen LogP contribution in [0.3, 0.4) is 0 Å². The molecule has 0 fully saturated rings. The van der Waals surface area contributed by atoms with E-state index in [1.54, 1.807) is 13.0 Å². The molecule has 0 spiro atoms. The molecule has 25 heavy (non-hydrogen) atoms. The molecule has 0 bridgehead atoms. The van der Waals surface area contributed by atoms with Crippen molar-refractivity contribution in [3.05, 3.63) is 28.7 Å². The Bertz CT molecular complexity index is 749. The first-order valence-corrected chi connectivity index (χ1v) is 7.96. The Labute approximate surface area is 149 Å². The molecular weight excluding hydrogens is 348 g/mol. The molecule has 0 N–H and O–H groups in total. The molecule has 0 aliphatic carbocycles. The molecule has 7 nitrogen and oxygen atoms in total. The van der Waals surface area contributed by atoms with Crippen molar-refractivity contribution in [2.24, 2.45) is 0 Å². The van der Waals surface area contributed by atoms with Crippen LogP contribution >= 0.6 is 11.8 Å². The zero-order valence-electron chi connectivity index (χ0n) is 14.5. The summed E-state index contributed by atoms with van der Waals surface area (Å²) in [5.74, 6) is -1.74. The smallest absolute Gasteiger partial charge is 0.345 e. The maximum absolute atomic E-state index is 11.9. The summed E-state index contributed by atoms with van der Waals surface area (Å²) in [4.78, 5) is 45.9. The number of thioether (sulfide) groups is 1. The molecule has 134 valence electrons. The van der Waals surface area contributed by atoms with Gasteiger partial charge in [0.2, 0.25) is 0 Å². The average molecular weight is 366 g/mol. The lowest BCUT2D eigenvalue weighted by atomic mass is 10.1. The number of hydrogen-bond acceptors (Lipinski definition) is 8. The summed E-state index contributed by atoms with van der Waals surface area (Å²) in [7, 11) is 1.21. The summed E-state index contributed by atoms with van der Waals surface area (Å²) in [5, 5.41) is -0.281. The second-order valence-corrected chi connectivity index (χ2v) is 6.08. The standard InChI is InChI=1S/C17H18O7S/c1-9(16(17(21)22-5)25-12(4)20)13-6-7-14(23-10(2)18)15(8-13)24-11(3)19/h6-8H,1-5H3/b16-9-. The minimum absolute atomic E-state index is 0.0246. The van der Waals surface area contributed by atoms with Crippen molar-refractivity contribution >= 4 is 40.4 Å². The van der Waals surface area contributed by atoms with E-state index in [0.717, 1.165) is 11.8 Å². The molecule has 1 aromatic rings. The summed E-state index contributed by atoms with van der Waals surface area (Å²) in [6.07, 6.45) is 0. The first-order valence-electron chi connectivity index (χ1n) is 7.14. The highest BCUT2D eigenvalue weighted by molar-refractivity contribution is 8.17. The van der Waals surface area contributed by atoms with Crippen molar-refractivity contribution in [3.8, 4) is 11.5 Å². The molecule has 1 aromatic carbocycles. The van der Waals surface area contributed by atoms with Gasteiger partial charge in [-0.3, -0.25) is 14.4 Å². The highest BCUT2D eigenvalue weighted by Crippen LogP contribution is 2.34. The molecule has 0 heterocycles. The number of carbonyl (C=O) groups is 4. The summed E-state index contributed by atoms with van der Waals surface area (Å²) in [6.45, 7) is 5.38. The number of esters is 3. The summed E-state index contributed by atoms with van der Waals surface area (Å²) >= 11 is 0.743. The van der Waals surface area contributed by atoms with Gasteiger partial charge in [-0.1, -0.05) is 6.07 Å². The van der Waals surface area contributed by atoms with Crippen LogP contribution < -0.4 is 9.47 Å². The van der Waals surface area contributed by atoms with E-state index >= 15 is 0 Å². The second-order valence-electron chi connectivity index (χ2n) is 4.89. The van der Waals surface area contributed by atoms with Gasteiger partial charge in [0.15, 0.2) is 16.6 Å². The van der Waals surface area contributed by atoms with Gasteiger partial charge in [0, 0.05) is 20.8 Å². The van der Waals surface area contributed by atoms with Crippen LogP contribution in [0, 0.1) is 0 Å². The van der Waals surface area contributed by atoms with Crippen molar-refractivity contribution < 1.29 is 33.4 Å². The van der Waals surface area contributed by atoms with E-state index in [1.807, 2.05) is 0 Å². The second kappa shape index (κ2) is 9.03. The van der Waals surface area contributed by atoms with Crippen molar-refractivity contribution in [3.63, 3.8) is 0 Å². The Hall–Kier alpha value is -2.61. The predicted octanol–water partition coefficient (Wildman–Crippen LogP) is 2.72. The van der Waals surface area contributed by atoms with E-state index in [9.17, 15) is 19.2 Å². The van der Waals surface area contributed by atoms with Crippen LogP contribution in [0.25, 0.3) is 5.57 Å². The summed E-state index contributed by atoms with van der Waals surface area (Å²) in [6, 6.07) is 4.45. The van der Waals surface area contributed by atoms with Crippen LogP contribution in [-0.2, 0) is 23.9 Å². The van der Waals surface area contributed by atoms with Crippen LogP contribution in [0.4, 0.5) is 0 Å². The van der Waals surface area contributed by atoms with E-state index in [1.165, 1.54) is 40.0 Å². The third-order valence-corrected chi connectivity index (χ3v) is 3.81. The number of hydrogen-bond donors (Lipinski definition) is 0. The van der Waals surface area contributed by atoms with Gasteiger partial charge in [-0.2, -0.15) is 0 Å². The van der Waals surface area contributed by atoms with Crippen LogP contribution in [0.2, 0.25) is 0 Å². The van der Waals surface area contributed by atoms with E-state index in [-0.39, 0.29) is 21.5 Å². The molecule has 0 saturated carbocycles. The molecule has 0 aliphatic heterocycles. The normalized spacial score (nSPS) is 11.2. The molecule has 1 rings (SSSR count). The number of carbonyl (C=O) groups excluding carboxylic acids is 4. The fraction of sp³-hybridized carbons (Fsp3) is 0.294. The predicted molar refractivity (Wildman–Crippen MR) is 91.9 cm³/mol. The lowest BCUT2D eigenvalue weighted by Crippen LogP contribution is -2.08.